The Morgan fingerprint density at radius 2 is 1.96 bits per heavy atom. The number of carbonyl (C=O) groups is 1. The van der Waals surface area contributed by atoms with Crippen molar-refractivity contribution in [3.63, 3.8) is 0 Å². The van der Waals surface area contributed by atoms with Crippen molar-refractivity contribution in [2.75, 3.05) is 19.7 Å². The zero-order chi connectivity index (χ0) is 17.6. The highest BCUT2D eigenvalue weighted by atomic mass is 35.5. The number of likely N-dealkylation sites (tertiary alicyclic amines) is 1. The van der Waals surface area contributed by atoms with Crippen LogP contribution in [0.3, 0.4) is 0 Å². The second-order valence-corrected chi connectivity index (χ2v) is 7.23. The van der Waals surface area contributed by atoms with Crippen molar-refractivity contribution >= 4 is 29.1 Å². The largest absolute Gasteiger partial charge is 0.376 e. The van der Waals surface area contributed by atoms with Gasteiger partial charge in [0.1, 0.15) is 0 Å². The summed E-state index contributed by atoms with van der Waals surface area (Å²) in [6.07, 6.45) is 2.05. The van der Waals surface area contributed by atoms with Gasteiger partial charge in [0.25, 0.3) is 5.91 Å². The SMILES string of the molecule is O=C(c1cc(Cl)ccc1Cl)N1CCCC(COCc2ccccc2)C1. The Kier molecular flexibility index (Phi) is 6.35. The van der Waals surface area contributed by atoms with Gasteiger partial charge < -0.3 is 9.64 Å². The third kappa shape index (κ3) is 4.97. The molecule has 1 heterocycles. The van der Waals surface area contributed by atoms with E-state index in [2.05, 4.69) is 12.1 Å². The quantitative estimate of drug-likeness (QED) is 0.728. The van der Waals surface area contributed by atoms with Gasteiger partial charge in [-0.1, -0.05) is 53.5 Å². The van der Waals surface area contributed by atoms with Gasteiger partial charge in [-0.25, -0.2) is 0 Å². The van der Waals surface area contributed by atoms with Crippen LogP contribution in [0, 0.1) is 5.92 Å². The lowest BCUT2D eigenvalue weighted by Crippen LogP contribution is -2.41. The van der Waals surface area contributed by atoms with Gasteiger partial charge in [0.05, 0.1) is 23.8 Å². The van der Waals surface area contributed by atoms with E-state index < -0.39 is 0 Å². The van der Waals surface area contributed by atoms with E-state index in [9.17, 15) is 4.79 Å². The second kappa shape index (κ2) is 8.70. The monoisotopic (exact) mass is 377 g/mol. The van der Waals surface area contributed by atoms with Gasteiger partial charge in [0.15, 0.2) is 0 Å². The highest BCUT2D eigenvalue weighted by Gasteiger charge is 2.26. The molecule has 0 spiro atoms. The van der Waals surface area contributed by atoms with E-state index in [1.165, 1.54) is 0 Å². The number of piperidine rings is 1. The molecular formula is C20H21Cl2NO2. The number of hydrogen-bond acceptors (Lipinski definition) is 2. The molecule has 0 radical (unpaired) electrons. The van der Waals surface area contributed by atoms with Gasteiger partial charge in [-0.3, -0.25) is 4.79 Å². The Labute approximate surface area is 158 Å². The number of halogens is 2. The minimum Gasteiger partial charge on any atom is -0.376 e. The Bertz CT molecular complexity index is 721. The molecule has 1 aliphatic heterocycles. The van der Waals surface area contributed by atoms with Crippen molar-refractivity contribution in [3.8, 4) is 0 Å². The summed E-state index contributed by atoms with van der Waals surface area (Å²) < 4.78 is 5.85. The Hall–Kier alpha value is -1.55. The van der Waals surface area contributed by atoms with Crippen LogP contribution in [0.25, 0.3) is 0 Å². The average Bonchev–Trinajstić information content (AvgIpc) is 2.64. The van der Waals surface area contributed by atoms with Crippen LogP contribution in [0.4, 0.5) is 0 Å². The van der Waals surface area contributed by atoms with E-state index in [0.717, 1.165) is 24.9 Å². The standard InChI is InChI=1S/C20H21Cl2NO2/c21-17-8-9-19(22)18(11-17)20(24)23-10-4-7-16(12-23)14-25-13-15-5-2-1-3-6-15/h1-3,5-6,8-9,11,16H,4,7,10,12-14H2. The molecule has 1 unspecified atom stereocenters. The molecule has 25 heavy (non-hydrogen) atoms. The number of ether oxygens (including phenoxy) is 1. The maximum Gasteiger partial charge on any atom is 0.255 e. The van der Waals surface area contributed by atoms with Crippen LogP contribution in [-0.2, 0) is 11.3 Å². The van der Waals surface area contributed by atoms with Gasteiger partial charge in [-0.2, -0.15) is 0 Å². The topological polar surface area (TPSA) is 29.5 Å². The predicted octanol–water partition coefficient (Wildman–Crippen LogP) is 5.06. The number of carbonyl (C=O) groups excluding carboxylic acids is 1. The fraction of sp³-hybridized carbons (Fsp3) is 0.350. The Balaban J connectivity index is 1.55. The molecule has 0 aromatic heterocycles. The highest BCUT2D eigenvalue weighted by Crippen LogP contribution is 2.25. The molecule has 0 bridgehead atoms. The summed E-state index contributed by atoms with van der Waals surface area (Å²) in [6.45, 7) is 2.70. The Morgan fingerprint density at radius 1 is 1.16 bits per heavy atom. The molecule has 1 saturated heterocycles. The van der Waals surface area contributed by atoms with Crippen LogP contribution < -0.4 is 0 Å². The van der Waals surface area contributed by atoms with Crippen molar-refractivity contribution in [2.45, 2.75) is 19.4 Å². The lowest BCUT2D eigenvalue weighted by Gasteiger charge is -2.33. The molecule has 1 fully saturated rings. The zero-order valence-corrected chi connectivity index (χ0v) is 15.5. The summed E-state index contributed by atoms with van der Waals surface area (Å²) in [7, 11) is 0. The van der Waals surface area contributed by atoms with Crippen LogP contribution in [0.15, 0.2) is 48.5 Å². The van der Waals surface area contributed by atoms with Gasteiger partial charge in [0.2, 0.25) is 0 Å². The van der Waals surface area contributed by atoms with Gasteiger partial charge >= 0.3 is 0 Å². The van der Waals surface area contributed by atoms with Crippen LogP contribution >= 0.6 is 23.2 Å². The molecule has 1 aliphatic rings. The number of rotatable bonds is 5. The van der Waals surface area contributed by atoms with Crippen molar-refractivity contribution < 1.29 is 9.53 Å². The third-order valence-electron chi connectivity index (χ3n) is 4.43. The van der Waals surface area contributed by atoms with Crippen LogP contribution in [0.1, 0.15) is 28.8 Å². The van der Waals surface area contributed by atoms with E-state index in [4.69, 9.17) is 27.9 Å². The smallest absolute Gasteiger partial charge is 0.255 e. The molecule has 2 aromatic carbocycles. The third-order valence-corrected chi connectivity index (χ3v) is 4.99. The zero-order valence-electron chi connectivity index (χ0n) is 14.0. The van der Waals surface area contributed by atoms with E-state index >= 15 is 0 Å². The maximum atomic E-state index is 12.8. The van der Waals surface area contributed by atoms with Gasteiger partial charge in [0, 0.05) is 18.1 Å². The summed E-state index contributed by atoms with van der Waals surface area (Å²) in [5.74, 6) is 0.291. The van der Waals surface area contributed by atoms with Crippen molar-refractivity contribution in [2.24, 2.45) is 5.92 Å². The number of benzene rings is 2. The fourth-order valence-electron chi connectivity index (χ4n) is 3.13. The first-order chi connectivity index (χ1) is 12.1. The molecule has 1 atom stereocenters. The number of hydrogen-bond donors (Lipinski definition) is 0. The van der Waals surface area contributed by atoms with Gasteiger partial charge in [-0.05, 0) is 42.5 Å². The summed E-state index contributed by atoms with van der Waals surface area (Å²) in [5.41, 5.74) is 1.64. The fourth-order valence-corrected chi connectivity index (χ4v) is 3.51. The van der Waals surface area contributed by atoms with Crippen molar-refractivity contribution in [1.82, 2.24) is 4.90 Å². The van der Waals surface area contributed by atoms with Gasteiger partial charge in [-0.15, -0.1) is 0 Å². The van der Waals surface area contributed by atoms with Crippen molar-refractivity contribution in [1.29, 1.82) is 0 Å². The lowest BCUT2D eigenvalue weighted by atomic mass is 9.98. The first-order valence-corrected chi connectivity index (χ1v) is 9.25. The second-order valence-electron chi connectivity index (χ2n) is 6.38. The summed E-state index contributed by atoms with van der Waals surface area (Å²) in [4.78, 5) is 14.6. The van der Waals surface area contributed by atoms with E-state index in [-0.39, 0.29) is 5.91 Å². The summed E-state index contributed by atoms with van der Waals surface area (Å²) in [5, 5.41) is 0.962. The molecule has 5 heteroatoms. The van der Waals surface area contributed by atoms with Crippen LogP contribution in [-0.4, -0.2) is 30.5 Å². The lowest BCUT2D eigenvalue weighted by molar-refractivity contribution is 0.0426. The molecule has 0 aliphatic carbocycles. The van der Waals surface area contributed by atoms with E-state index in [1.807, 2.05) is 23.1 Å². The molecule has 132 valence electrons. The maximum absolute atomic E-state index is 12.8. The first-order valence-electron chi connectivity index (χ1n) is 8.49. The van der Waals surface area contributed by atoms with E-state index in [0.29, 0.717) is 41.3 Å². The first kappa shape index (κ1) is 18.2. The molecule has 2 aromatic rings. The summed E-state index contributed by atoms with van der Waals surface area (Å²) >= 11 is 12.2. The summed E-state index contributed by atoms with van der Waals surface area (Å²) in [6, 6.07) is 15.1. The number of nitrogens with zero attached hydrogens (tertiary/aromatic N) is 1. The number of amides is 1. The molecule has 1 amide bonds. The molecular weight excluding hydrogens is 357 g/mol. The normalized spacial score (nSPS) is 17.5. The minimum absolute atomic E-state index is 0.0553. The highest BCUT2D eigenvalue weighted by molar-refractivity contribution is 6.35. The van der Waals surface area contributed by atoms with E-state index in [1.54, 1.807) is 18.2 Å². The van der Waals surface area contributed by atoms with Crippen LogP contribution in [0.2, 0.25) is 10.0 Å². The minimum atomic E-state index is -0.0553. The molecule has 0 saturated carbocycles. The molecule has 3 nitrogen and oxygen atoms in total. The molecule has 0 N–H and O–H groups in total. The average molecular weight is 378 g/mol. The predicted molar refractivity (Wildman–Crippen MR) is 101 cm³/mol. The molecule has 3 rings (SSSR count). The van der Waals surface area contributed by atoms with Crippen molar-refractivity contribution in [3.05, 3.63) is 69.7 Å². The Morgan fingerprint density at radius 3 is 2.76 bits per heavy atom. The van der Waals surface area contributed by atoms with Crippen LogP contribution in [0.5, 0.6) is 0 Å².